The summed E-state index contributed by atoms with van der Waals surface area (Å²) in [6.07, 6.45) is -9.28. The van der Waals surface area contributed by atoms with Crippen molar-refractivity contribution in [2.24, 2.45) is 10.8 Å². The second-order valence-corrected chi connectivity index (χ2v) is 11.3. The quantitative estimate of drug-likeness (QED) is 0.142. The van der Waals surface area contributed by atoms with Crippen molar-refractivity contribution in [1.82, 2.24) is 0 Å². The van der Waals surface area contributed by atoms with E-state index in [1.54, 1.807) is 6.92 Å². The Morgan fingerprint density at radius 1 is 0.486 bits per heavy atom. The summed E-state index contributed by atoms with van der Waals surface area (Å²) in [7, 11) is -3.88. The molecule has 20 heteroatoms. The fraction of sp³-hybridized carbons (Fsp3) is 1.00. The van der Waals surface area contributed by atoms with Crippen molar-refractivity contribution >= 4 is 8.40 Å². The molecule has 0 saturated heterocycles. The van der Waals surface area contributed by atoms with Crippen molar-refractivity contribution in [3.8, 4) is 0 Å². The van der Waals surface area contributed by atoms with Crippen LogP contribution in [0, 0.1) is 0 Å². The van der Waals surface area contributed by atoms with E-state index in [2.05, 4.69) is 0 Å². The Hall–Kier alpha value is -1.05. The summed E-state index contributed by atoms with van der Waals surface area (Å²) in [6.45, 7) is 1.65. The molecule has 2 nitrogen and oxygen atoms in total. The van der Waals surface area contributed by atoms with Crippen molar-refractivity contribution in [2.75, 3.05) is 0 Å². The first-order valence-electron chi connectivity index (χ1n) is 9.31. The minimum atomic E-state index is -8.62. The Morgan fingerprint density at radius 2 is 0.829 bits per heavy atom. The van der Waals surface area contributed by atoms with Crippen molar-refractivity contribution in [2.45, 2.75) is 92.3 Å². The molecule has 0 fully saturated rings. The lowest BCUT2D eigenvalue weighted by Crippen LogP contribution is -2.74. The Bertz CT molecular complexity index is 717. The Balaban J connectivity index is 6.30. The molecule has 0 heterocycles. The van der Waals surface area contributed by atoms with Crippen LogP contribution >= 0.6 is 0 Å². The van der Waals surface area contributed by atoms with E-state index in [1.165, 1.54) is 0 Å². The van der Waals surface area contributed by atoms with Gasteiger partial charge in [-0.25, -0.2) is 0 Å². The van der Waals surface area contributed by atoms with Crippen LogP contribution in [-0.2, 0) is 0 Å². The molecule has 0 unspecified atom stereocenters. The number of unbranched alkanes of at least 4 members (excludes halogenated alkanes) is 2. The van der Waals surface area contributed by atoms with Crippen LogP contribution in [0.5, 0.6) is 0 Å². The van der Waals surface area contributed by atoms with Gasteiger partial charge in [0.15, 0.2) is 8.40 Å². The van der Waals surface area contributed by atoms with Gasteiger partial charge >= 0.3 is 47.6 Å². The average molecular weight is 578 g/mol. The van der Waals surface area contributed by atoms with Crippen LogP contribution in [0.1, 0.15) is 32.6 Å². The van der Waals surface area contributed by atoms with Gasteiger partial charge in [-0.2, -0.15) is 74.6 Å². The van der Waals surface area contributed by atoms with Gasteiger partial charge in [-0.1, -0.05) is 26.2 Å². The zero-order chi connectivity index (χ0) is 28.7. The zero-order valence-corrected chi connectivity index (χ0v) is 18.3. The van der Waals surface area contributed by atoms with E-state index >= 15 is 0 Å². The summed E-state index contributed by atoms with van der Waals surface area (Å²) in [4.78, 5) is 0. The Morgan fingerprint density at radius 3 is 1.17 bits per heavy atom. The highest BCUT2D eigenvalue weighted by Crippen LogP contribution is 2.64. The smallest absolute Gasteiger partial charge is 0.339 e. The number of hydrogen-bond donors (Lipinski definition) is 2. The molecule has 0 spiro atoms. The molecule has 4 N–H and O–H groups in total. The summed E-state index contributed by atoms with van der Waals surface area (Å²) in [6, 6.07) is -1.68. The third-order valence-electron chi connectivity index (χ3n) is 4.94. The maximum absolute atomic E-state index is 13.8. The summed E-state index contributed by atoms with van der Waals surface area (Å²) < 4.78 is 224. The maximum atomic E-state index is 13.8. The normalized spacial score (nSPS) is 16.1. The summed E-state index contributed by atoms with van der Waals surface area (Å²) in [5.74, 6) is -56.2. The summed E-state index contributed by atoms with van der Waals surface area (Å²) in [5, 5.41) is 10.8. The van der Waals surface area contributed by atoms with Crippen molar-refractivity contribution in [3.63, 3.8) is 0 Å². The molecule has 0 aromatic heterocycles. The summed E-state index contributed by atoms with van der Waals surface area (Å²) >= 11 is 0. The van der Waals surface area contributed by atoms with E-state index in [0.717, 1.165) is 0 Å². The van der Waals surface area contributed by atoms with Crippen molar-refractivity contribution < 1.29 is 74.6 Å². The van der Waals surface area contributed by atoms with Gasteiger partial charge in [-0.15, -0.1) is 0 Å². The molecule has 0 amide bonds. The average Bonchev–Trinajstić information content (AvgIpc) is 2.64. The molecule has 0 aromatic carbocycles. The third-order valence-corrected chi connectivity index (χ3v) is 7.40. The van der Waals surface area contributed by atoms with Gasteiger partial charge in [0, 0.05) is 6.42 Å². The minimum Gasteiger partial charge on any atom is -0.339 e. The van der Waals surface area contributed by atoms with Crippen LogP contribution in [0.2, 0.25) is 12.1 Å². The number of rotatable bonds is 13. The molecule has 0 aliphatic heterocycles. The molecule has 0 saturated carbocycles. The fourth-order valence-electron chi connectivity index (χ4n) is 2.57. The van der Waals surface area contributed by atoms with Gasteiger partial charge in [-0.3, -0.25) is 0 Å². The second-order valence-electron chi connectivity index (χ2n) is 7.84. The first-order chi connectivity index (χ1) is 15.0. The number of halogens is 17. The molecule has 0 rings (SSSR count). The molecule has 0 aromatic rings. The van der Waals surface area contributed by atoms with Crippen LogP contribution in [0.4, 0.5) is 74.6 Å². The number of alkyl halides is 17. The van der Waals surface area contributed by atoms with E-state index in [0.29, 0.717) is 12.8 Å². The van der Waals surface area contributed by atoms with Crippen LogP contribution in [0.3, 0.4) is 0 Å². The zero-order valence-electron chi connectivity index (χ0n) is 17.3. The van der Waals surface area contributed by atoms with Crippen molar-refractivity contribution in [3.05, 3.63) is 0 Å². The first kappa shape index (κ1) is 33.9. The van der Waals surface area contributed by atoms with Gasteiger partial charge in [0.05, 0.1) is 0 Å². The standard InChI is InChI=1S/C15H19F17N2Si/c1-2-3-4-6-35(33,34)7-5-8(16,17)9(18,19)10(20,21)11(22,23)12(24,25)13(26,27)14(28,29)15(30,31)32/h2-7,33-34H2,1H3. The number of nitrogens with two attached hydrogens (primary N) is 2. The summed E-state index contributed by atoms with van der Waals surface area (Å²) in [5.41, 5.74) is 0. The van der Waals surface area contributed by atoms with E-state index < -0.39 is 68.5 Å². The van der Waals surface area contributed by atoms with Crippen molar-refractivity contribution in [1.29, 1.82) is 0 Å². The molecule has 0 aliphatic carbocycles. The van der Waals surface area contributed by atoms with Crippen LogP contribution in [-0.4, -0.2) is 56.0 Å². The lowest BCUT2D eigenvalue weighted by atomic mass is 9.88. The highest BCUT2D eigenvalue weighted by atomic mass is 28.3. The first-order valence-corrected chi connectivity index (χ1v) is 11.9. The van der Waals surface area contributed by atoms with Gasteiger partial charge in [-0.05, 0) is 12.1 Å². The van der Waals surface area contributed by atoms with E-state index in [4.69, 9.17) is 10.8 Å². The molecular weight excluding hydrogens is 559 g/mol. The minimum absolute atomic E-state index is 0.140. The van der Waals surface area contributed by atoms with Gasteiger partial charge in [0.1, 0.15) is 0 Å². The molecule has 0 atom stereocenters. The van der Waals surface area contributed by atoms with E-state index in [1.807, 2.05) is 0 Å². The second kappa shape index (κ2) is 9.68. The molecule has 212 valence electrons. The molecule has 0 bridgehead atoms. The molecule has 0 aliphatic rings. The highest BCUT2D eigenvalue weighted by Gasteiger charge is 2.95. The third kappa shape index (κ3) is 5.62. The van der Waals surface area contributed by atoms with Crippen LogP contribution < -0.4 is 10.8 Å². The number of hydrogen-bond acceptors (Lipinski definition) is 2. The lowest BCUT2D eigenvalue weighted by Gasteiger charge is -2.43. The predicted molar refractivity (Wildman–Crippen MR) is 88.6 cm³/mol. The Kier molecular flexibility index (Phi) is 9.39. The monoisotopic (exact) mass is 578 g/mol. The van der Waals surface area contributed by atoms with Gasteiger partial charge in [0.25, 0.3) is 0 Å². The predicted octanol–water partition coefficient (Wildman–Crippen LogP) is 6.94. The Labute approximate surface area is 187 Å². The molecular formula is C15H19F17N2Si. The highest BCUT2D eigenvalue weighted by molar-refractivity contribution is 6.73. The SMILES string of the molecule is CCCCC[Si](N)(N)CCC(F)(F)C(F)(F)C(F)(F)C(F)(F)C(F)(F)C(F)(F)C(F)(F)C(F)(F)F. The van der Waals surface area contributed by atoms with E-state index in [-0.39, 0.29) is 12.5 Å². The molecule has 0 radical (unpaired) electrons. The fourth-order valence-corrected chi connectivity index (χ4v) is 4.51. The topological polar surface area (TPSA) is 52.0 Å². The van der Waals surface area contributed by atoms with Crippen LogP contribution in [0.25, 0.3) is 0 Å². The lowest BCUT2D eigenvalue weighted by molar-refractivity contribution is -0.461. The van der Waals surface area contributed by atoms with E-state index in [9.17, 15) is 74.6 Å². The van der Waals surface area contributed by atoms with Crippen LogP contribution in [0.15, 0.2) is 0 Å². The molecule has 35 heavy (non-hydrogen) atoms. The van der Waals surface area contributed by atoms with Gasteiger partial charge in [0.2, 0.25) is 0 Å². The largest absolute Gasteiger partial charge is 0.460 e. The maximum Gasteiger partial charge on any atom is 0.460 e. The van der Waals surface area contributed by atoms with Gasteiger partial charge < -0.3 is 10.8 Å².